The van der Waals surface area contributed by atoms with Crippen LogP contribution in [0.2, 0.25) is 0 Å². The lowest BCUT2D eigenvalue weighted by molar-refractivity contribution is -0.138. The first-order valence-electron chi connectivity index (χ1n) is 8.79. The van der Waals surface area contributed by atoms with Gasteiger partial charge in [-0.05, 0) is 43.9 Å². The molecular formula is C19H20BrN3O3. The molecule has 1 aliphatic rings. The highest BCUT2D eigenvalue weighted by Crippen LogP contribution is 2.31. The molecule has 0 bridgehead atoms. The summed E-state index contributed by atoms with van der Waals surface area (Å²) in [6, 6.07) is 5.97. The zero-order chi connectivity index (χ0) is 18.3. The van der Waals surface area contributed by atoms with Gasteiger partial charge < -0.3 is 14.4 Å². The number of pyridine rings is 1. The molecule has 6 nitrogen and oxygen atoms in total. The first-order chi connectivity index (χ1) is 12.5. The number of halogens is 1. The predicted octanol–water partition coefficient (Wildman–Crippen LogP) is 3.96. The monoisotopic (exact) mass is 417 g/mol. The van der Waals surface area contributed by atoms with Gasteiger partial charge in [-0.15, -0.1) is 0 Å². The molecule has 7 heteroatoms. The van der Waals surface area contributed by atoms with Gasteiger partial charge in [0.25, 0.3) is 0 Å². The van der Waals surface area contributed by atoms with Crippen molar-refractivity contribution >= 4 is 43.8 Å². The molecule has 0 amide bonds. The summed E-state index contributed by atoms with van der Waals surface area (Å²) in [5, 5.41) is 10.5. The first-order valence-corrected chi connectivity index (χ1v) is 9.59. The lowest BCUT2D eigenvalue weighted by atomic mass is 9.99. The summed E-state index contributed by atoms with van der Waals surface area (Å²) in [5.41, 5.74) is 2.58. The summed E-state index contributed by atoms with van der Waals surface area (Å²) < 4.78 is 8.54. The van der Waals surface area contributed by atoms with Crippen molar-refractivity contribution < 1.29 is 14.6 Å². The molecule has 3 heterocycles. The van der Waals surface area contributed by atoms with E-state index in [1.165, 1.54) is 0 Å². The molecule has 0 spiro atoms. The van der Waals surface area contributed by atoms with Crippen molar-refractivity contribution in [3.8, 4) is 0 Å². The number of imidazole rings is 1. The van der Waals surface area contributed by atoms with Crippen LogP contribution in [0.15, 0.2) is 28.9 Å². The van der Waals surface area contributed by atoms with Crippen LogP contribution >= 0.6 is 15.9 Å². The van der Waals surface area contributed by atoms with Crippen molar-refractivity contribution in [2.75, 3.05) is 13.2 Å². The van der Waals surface area contributed by atoms with Crippen LogP contribution in [0, 0.1) is 5.92 Å². The van der Waals surface area contributed by atoms with Gasteiger partial charge >= 0.3 is 5.97 Å². The number of fused-ring (bicyclic) bond motifs is 3. The van der Waals surface area contributed by atoms with Gasteiger partial charge in [0, 0.05) is 29.6 Å². The zero-order valence-electron chi connectivity index (χ0n) is 14.5. The number of benzene rings is 1. The van der Waals surface area contributed by atoms with E-state index in [4.69, 9.17) is 4.74 Å². The molecule has 0 saturated carbocycles. The van der Waals surface area contributed by atoms with Crippen LogP contribution in [0.5, 0.6) is 0 Å². The summed E-state index contributed by atoms with van der Waals surface area (Å²) >= 11 is 3.49. The fourth-order valence-corrected chi connectivity index (χ4v) is 3.97. The van der Waals surface area contributed by atoms with Crippen molar-refractivity contribution in [1.82, 2.24) is 14.5 Å². The number of ether oxygens (including phenoxy) is 1. The van der Waals surface area contributed by atoms with E-state index in [0.717, 1.165) is 59.0 Å². The normalized spacial score (nSPS) is 17.0. The molecule has 4 rings (SSSR count). The van der Waals surface area contributed by atoms with Gasteiger partial charge in [0.1, 0.15) is 17.3 Å². The maximum Gasteiger partial charge on any atom is 0.313 e. The van der Waals surface area contributed by atoms with E-state index in [9.17, 15) is 9.90 Å². The largest absolute Gasteiger partial charge is 0.481 e. The van der Waals surface area contributed by atoms with E-state index in [1.807, 2.05) is 18.2 Å². The number of rotatable bonds is 4. The van der Waals surface area contributed by atoms with Crippen LogP contribution < -0.4 is 0 Å². The number of hydrogen-bond acceptors (Lipinski definition) is 4. The molecule has 0 aliphatic carbocycles. The van der Waals surface area contributed by atoms with Gasteiger partial charge in [-0.2, -0.15) is 0 Å². The number of carbonyl (C=O) groups is 1. The van der Waals surface area contributed by atoms with E-state index >= 15 is 0 Å². The Labute approximate surface area is 159 Å². The number of aliphatic carboxylic acids is 1. The minimum absolute atomic E-state index is 0.458. The molecule has 1 atom stereocenters. The Hall–Kier alpha value is -1.99. The molecule has 3 aromatic rings. The zero-order valence-corrected chi connectivity index (χ0v) is 16.1. The van der Waals surface area contributed by atoms with E-state index < -0.39 is 11.9 Å². The highest BCUT2D eigenvalue weighted by atomic mass is 79.9. The Balaban J connectivity index is 1.92. The van der Waals surface area contributed by atoms with Gasteiger partial charge in [-0.3, -0.25) is 9.78 Å². The number of hydrogen-bond donors (Lipinski definition) is 1. The second-order valence-electron chi connectivity index (χ2n) is 6.85. The first kappa shape index (κ1) is 17.4. The molecule has 136 valence electrons. The third-order valence-electron chi connectivity index (χ3n) is 5.10. The number of aromatic nitrogens is 3. The van der Waals surface area contributed by atoms with Gasteiger partial charge in [-0.25, -0.2) is 4.98 Å². The van der Waals surface area contributed by atoms with Crippen LogP contribution in [0.4, 0.5) is 0 Å². The molecule has 1 N–H and O–H groups in total. The van der Waals surface area contributed by atoms with E-state index in [1.54, 1.807) is 13.1 Å². The van der Waals surface area contributed by atoms with E-state index in [-0.39, 0.29) is 0 Å². The summed E-state index contributed by atoms with van der Waals surface area (Å²) in [5.74, 6) is -0.489. The third kappa shape index (κ3) is 3.10. The Morgan fingerprint density at radius 2 is 2.15 bits per heavy atom. The summed E-state index contributed by atoms with van der Waals surface area (Å²) in [4.78, 5) is 20.8. The lowest BCUT2D eigenvalue weighted by Crippen LogP contribution is -2.23. The van der Waals surface area contributed by atoms with Crippen molar-refractivity contribution in [2.24, 2.45) is 5.92 Å². The Bertz CT molecular complexity index is 979. The molecule has 1 saturated heterocycles. The second-order valence-corrected chi connectivity index (χ2v) is 7.77. The molecule has 0 radical (unpaired) electrons. The molecule has 1 unspecified atom stereocenters. The van der Waals surface area contributed by atoms with Crippen LogP contribution in [-0.2, 0) is 16.1 Å². The maximum atomic E-state index is 11.6. The van der Waals surface area contributed by atoms with E-state index in [0.29, 0.717) is 11.7 Å². The van der Waals surface area contributed by atoms with Gasteiger partial charge in [0.05, 0.1) is 17.2 Å². The molecule has 1 aromatic carbocycles. The third-order valence-corrected chi connectivity index (χ3v) is 5.60. The molecule has 1 fully saturated rings. The topological polar surface area (TPSA) is 77.2 Å². The minimum Gasteiger partial charge on any atom is -0.481 e. The molecule has 2 aromatic heterocycles. The van der Waals surface area contributed by atoms with Crippen molar-refractivity contribution in [1.29, 1.82) is 0 Å². The molecule has 26 heavy (non-hydrogen) atoms. The number of carboxylic acid groups (broad SMARTS) is 1. The van der Waals surface area contributed by atoms with Crippen LogP contribution in [0.1, 0.15) is 31.5 Å². The average molecular weight is 418 g/mol. The number of carboxylic acids is 1. The van der Waals surface area contributed by atoms with Crippen molar-refractivity contribution in [3.05, 3.63) is 34.7 Å². The Morgan fingerprint density at radius 1 is 1.38 bits per heavy atom. The maximum absolute atomic E-state index is 11.6. The average Bonchev–Trinajstić information content (AvgIpc) is 3.00. The standard InChI is InChI=1S/C19H20BrN3O3/c1-11(19(24)25)18-22-16-9-21-15-8-13(20)2-3-14(15)17(16)23(18)10-12-4-6-26-7-5-12/h2-3,8-9,11-12H,4-7,10H2,1H3,(H,24,25). The van der Waals surface area contributed by atoms with Gasteiger partial charge in [0.15, 0.2) is 0 Å². The summed E-state index contributed by atoms with van der Waals surface area (Å²) in [7, 11) is 0. The fraction of sp³-hybridized carbons (Fsp3) is 0.421. The number of nitrogens with zero attached hydrogens (tertiary/aromatic N) is 3. The van der Waals surface area contributed by atoms with Gasteiger partial charge in [0.2, 0.25) is 0 Å². The summed E-state index contributed by atoms with van der Waals surface area (Å²) in [6.45, 7) is 3.96. The minimum atomic E-state index is -0.867. The molecular weight excluding hydrogens is 398 g/mol. The van der Waals surface area contributed by atoms with Crippen LogP contribution in [0.3, 0.4) is 0 Å². The van der Waals surface area contributed by atoms with Crippen molar-refractivity contribution in [3.63, 3.8) is 0 Å². The fourth-order valence-electron chi connectivity index (χ4n) is 3.62. The Kier molecular flexibility index (Phi) is 4.67. The van der Waals surface area contributed by atoms with E-state index in [2.05, 4.69) is 30.5 Å². The second kappa shape index (κ2) is 6.96. The highest BCUT2D eigenvalue weighted by molar-refractivity contribution is 9.10. The highest BCUT2D eigenvalue weighted by Gasteiger charge is 2.25. The predicted molar refractivity (Wildman–Crippen MR) is 102 cm³/mol. The van der Waals surface area contributed by atoms with Crippen LogP contribution in [-0.4, -0.2) is 38.8 Å². The smallest absolute Gasteiger partial charge is 0.313 e. The lowest BCUT2D eigenvalue weighted by Gasteiger charge is -2.24. The Morgan fingerprint density at radius 3 is 2.88 bits per heavy atom. The van der Waals surface area contributed by atoms with Crippen LogP contribution in [0.25, 0.3) is 21.9 Å². The van der Waals surface area contributed by atoms with Crippen molar-refractivity contribution in [2.45, 2.75) is 32.2 Å². The van der Waals surface area contributed by atoms with Gasteiger partial charge in [-0.1, -0.05) is 15.9 Å². The quantitative estimate of drug-likeness (QED) is 0.694. The SMILES string of the molecule is CC(C(=O)O)c1nc2cnc3cc(Br)ccc3c2n1CC1CCOCC1. The summed E-state index contributed by atoms with van der Waals surface area (Å²) in [6.07, 6.45) is 3.70. The molecule has 1 aliphatic heterocycles.